The quantitative estimate of drug-likeness (QED) is 0.919. The second-order valence-electron chi connectivity index (χ2n) is 4.95. The van der Waals surface area contributed by atoms with Crippen LogP contribution in [0.25, 0.3) is 10.2 Å². The molecule has 2 nitrogen and oxygen atoms in total. The molecule has 96 valence electrons. The van der Waals surface area contributed by atoms with E-state index < -0.39 is 0 Å². The number of aromatic nitrogens is 1. The minimum Gasteiger partial charge on any atom is -0.317 e. The molecule has 0 bridgehead atoms. The number of nitrogens with zero attached hydrogens (tertiary/aromatic N) is 1. The van der Waals surface area contributed by atoms with Crippen LogP contribution in [-0.4, -0.2) is 18.1 Å². The molecule has 18 heavy (non-hydrogen) atoms. The van der Waals surface area contributed by atoms with Crippen LogP contribution in [0.15, 0.2) is 18.2 Å². The summed E-state index contributed by atoms with van der Waals surface area (Å²) in [4.78, 5) is 4.57. The molecule has 1 N–H and O–H groups in total. The predicted molar refractivity (Wildman–Crippen MR) is 73.5 cm³/mol. The summed E-state index contributed by atoms with van der Waals surface area (Å²) in [6.07, 6.45) is 4.80. The van der Waals surface area contributed by atoms with E-state index in [1.165, 1.54) is 25.3 Å². The standard InChI is InChI=1S/C14H17FN2S/c15-11-2-3-12-13(9-11)18-14(17-12)4-1-10-5-7-16-8-6-10/h2-3,9-10,16H,1,4-8H2. The van der Waals surface area contributed by atoms with Gasteiger partial charge < -0.3 is 5.32 Å². The lowest BCUT2D eigenvalue weighted by Gasteiger charge is -2.21. The Kier molecular flexibility index (Phi) is 3.57. The fraction of sp³-hybridized carbons (Fsp3) is 0.500. The normalized spacial score (nSPS) is 17.4. The number of fused-ring (bicyclic) bond motifs is 1. The minimum absolute atomic E-state index is 0.170. The Morgan fingerprint density at radius 3 is 3.00 bits per heavy atom. The first-order chi connectivity index (χ1) is 8.81. The first-order valence-corrected chi connectivity index (χ1v) is 7.38. The van der Waals surface area contributed by atoms with Crippen molar-refractivity contribution < 1.29 is 4.39 Å². The number of thiazole rings is 1. The highest BCUT2D eigenvalue weighted by atomic mass is 32.1. The van der Waals surface area contributed by atoms with Crippen LogP contribution in [0.2, 0.25) is 0 Å². The molecule has 1 aliphatic heterocycles. The summed E-state index contributed by atoms with van der Waals surface area (Å²) < 4.78 is 14.1. The highest BCUT2D eigenvalue weighted by Gasteiger charge is 2.14. The van der Waals surface area contributed by atoms with E-state index in [-0.39, 0.29) is 5.82 Å². The highest BCUT2D eigenvalue weighted by molar-refractivity contribution is 7.18. The number of hydrogen-bond donors (Lipinski definition) is 1. The van der Waals surface area contributed by atoms with Gasteiger partial charge in [-0.2, -0.15) is 0 Å². The Morgan fingerprint density at radius 2 is 2.17 bits per heavy atom. The second-order valence-corrected chi connectivity index (χ2v) is 6.07. The molecule has 0 aliphatic carbocycles. The first-order valence-electron chi connectivity index (χ1n) is 6.57. The summed E-state index contributed by atoms with van der Waals surface area (Å²) in [7, 11) is 0. The number of nitrogens with one attached hydrogen (secondary N) is 1. The maximum absolute atomic E-state index is 13.1. The van der Waals surface area contributed by atoms with Gasteiger partial charge >= 0.3 is 0 Å². The van der Waals surface area contributed by atoms with Gasteiger partial charge in [0.05, 0.1) is 15.2 Å². The molecule has 1 saturated heterocycles. The monoisotopic (exact) mass is 264 g/mol. The van der Waals surface area contributed by atoms with Gasteiger partial charge in [-0.1, -0.05) is 0 Å². The Hall–Kier alpha value is -1.00. The van der Waals surface area contributed by atoms with Gasteiger partial charge in [0.2, 0.25) is 0 Å². The van der Waals surface area contributed by atoms with Crippen LogP contribution in [0.3, 0.4) is 0 Å². The first kappa shape index (κ1) is 12.1. The Morgan fingerprint density at radius 1 is 1.33 bits per heavy atom. The van der Waals surface area contributed by atoms with Crippen LogP contribution in [0.1, 0.15) is 24.3 Å². The Bertz CT molecular complexity index is 532. The molecule has 1 fully saturated rings. The second kappa shape index (κ2) is 5.33. The topological polar surface area (TPSA) is 24.9 Å². The van der Waals surface area contributed by atoms with E-state index in [2.05, 4.69) is 10.3 Å². The lowest BCUT2D eigenvalue weighted by molar-refractivity contribution is 0.354. The van der Waals surface area contributed by atoms with Crippen molar-refractivity contribution in [1.82, 2.24) is 10.3 Å². The predicted octanol–water partition coefficient (Wildman–Crippen LogP) is 3.37. The molecule has 1 aromatic carbocycles. The van der Waals surface area contributed by atoms with Crippen molar-refractivity contribution in [2.45, 2.75) is 25.7 Å². The van der Waals surface area contributed by atoms with Crippen molar-refractivity contribution in [3.8, 4) is 0 Å². The number of aryl methyl sites for hydroxylation is 1. The zero-order chi connectivity index (χ0) is 12.4. The highest BCUT2D eigenvalue weighted by Crippen LogP contribution is 2.26. The van der Waals surface area contributed by atoms with Crippen LogP contribution in [-0.2, 0) is 6.42 Å². The molecule has 0 unspecified atom stereocenters. The van der Waals surface area contributed by atoms with Crippen molar-refractivity contribution in [2.24, 2.45) is 5.92 Å². The fourth-order valence-corrected chi connectivity index (χ4v) is 3.56. The molecule has 0 amide bonds. The zero-order valence-electron chi connectivity index (χ0n) is 10.3. The van der Waals surface area contributed by atoms with Crippen molar-refractivity contribution in [2.75, 3.05) is 13.1 Å². The molecule has 0 saturated carbocycles. The maximum atomic E-state index is 13.1. The van der Waals surface area contributed by atoms with E-state index in [0.29, 0.717) is 0 Å². The molecule has 2 aromatic rings. The van der Waals surface area contributed by atoms with Crippen molar-refractivity contribution >= 4 is 21.6 Å². The van der Waals surface area contributed by atoms with Gasteiger partial charge in [-0.3, -0.25) is 0 Å². The van der Waals surface area contributed by atoms with E-state index >= 15 is 0 Å². The summed E-state index contributed by atoms with van der Waals surface area (Å²) >= 11 is 1.63. The maximum Gasteiger partial charge on any atom is 0.124 e. The average Bonchev–Trinajstić information content (AvgIpc) is 2.79. The van der Waals surface area contributed by atoms with E-state index in [0.717, 1.165) is 40.7 Å². The third-order valence-corrected chi connectivity index (χ3v) is 4.70. The SMILES string of the molecule is Fc1ccc2nc(CCC3CCNCC3)sc2c1. The number of hydrogen-bond acceptors (Lipinski definition) is 3. The van der Waals surface area contributed by atoms with Crippen LogP contribution >= 0.6 is 11.3 Å². The van der Waals surface area contributed by atoms with Gasteiger partial charge in [0.15, 0.2) is 0 Å². The van der Waals surface area contributed by atoms with Crippen molar-refractivity contribution in [3.05, 3.63) is 29.0 Å². The molecule has 0 spiro atoms. The van der Waals surface area contributed by atoms with Gasteiger partial charge in [-0.15, -0.1) is 11.3 Å². The van der Waals surface area contributed by atoms with Crippen molar-refractivity contribution in [1.29, 1.82) is 0 Å². The molecule has 2 heterocycles. The largest absolute Gasteiger partial charge is 0.317 e. The van der Waals surface area contributed by atoms with E-state index in [9.17, 15) is 4.39 Å². The van der Waals surface area contributed by atoms with E-state index in [4.69, 9.17) is 0 Å². The zero-order valence-corrected chi connectivity index (χ0v) is 11.1. The molecule has 0 radical (unpaired) electrons. The minimum atomic E-state index is -0.170. The summed E-state index contributed by atoms with van der Waals surface area (Å²) in [6.45, 7) is 2.30. The average molecular weight is 264 g/mol. The third-order valence-electron chi connectivity index (χ3n) is 3.62. The Labute approximate surface area is 110 Å². The van der Waals surface area contributed by atoms with Crippen LogP contribution in [0.4, 0.5) is 4.39 Å². The van der Waals surface area contributed by atoms with Crippen LogP contribution in [0, 0.1) is 11.7 Å². The van der Waals surface area contributed by atoms with E-state index in [1.54, 1.807) is 23.5 Å². The molecular weight excluding hydrogens is 247 g/mol. The fourth-order valence-electron chi connectivity index (χ4n) is 2.55. The Balaban J connectivity index is 1.67. The number of benzene rings is 1. The number of piperidine rings is 1. The molecule has 4 heteroatoms. The molecule has 0 atom stereocenters. The molecule has 1 aromatic heterocycles. The van der Waals surface area contributed by atoms with Gasteiger partial charge in [-0.25, -0.2) is 9.37 Å². The number of rotatable bonds is 3. The van der Waals surface area contributed by atoms with Gasteiger partial charge in [0.25, 0.3) is 0 Å². The summed E-state index contributed by atoms with van der Waals surface area (Å²) in [6, 6.07) is 4.84. The van der Waals surface area contributed by atoms with Gasteiger partial charge in [0.1, 0.15) is 5.82 Å². The summed E-state index contributed by atoms with van der Waals surface area (Å²) in [5, 5.41) is 4.53. The molecule has 1 aliphatic rings. The van der Waals surface area contributed by atoms with Crippen molar-refractivity contribution in [3.63, 3.8) is 0 Å². The van der Waals surface area contributed by atoms with Crippen LogP contribution in [0.5, 0.6) is 0 Å². The lowest BCUT2D eigenvalue weighted by Crippen LogP contribution is -2.27. The third kappa shape index (κ3) is 2.70. The molecular formula is C14H17FN2S. The summed E-state index contributed by atoms with van der Waals surface area (Å²) in [5.41, 5.74) is 0.932. The van der Waals surface area contributed by atoms with Crippen LogP contribution < -0.4 is 5.32 Å². The lowest BCUT2D eigenvalue weighted by atomic mass is 9.93. The smallest absolute Gasteiger partial charge is 0.124 e. The van der Waals surface area contributed by atoms with E-state index in [1.807, 2.05) is 0 Å². The van der Waals surface area contributed by atoms with Gasteiger partial charge in [0, 0.05) is 0 Å². The van der Waals surface area contributed by atoms with Gasteiger partial charge in [-0.05, 0) is 62.9 Å². The summed E-state index contributed by atoms with van der Waals surface area (Å²) in [5.74, 6) is 0.658. The number of halogens is 1. The molecule has 3 rings (SSSR count).